The van der Waals surface area contributed by atoms with Gasteiger partial charge in [0, 0.05) is 19.4 Å². The number of hydrogen-bond donors (Lipinski definition) is 1. The van der Waals surface area contributed by atoms with Crippen LogP contribution in [0.4, 0.5) is 5.82 Å². The molecule has 0 aliphatic carbocycles. The highest BCUT2D eigenvalue weighted by molar-refractivity contribution is 6.51. The van der Waals surface area contributed by atoms with Gasteiger partial charge in [0.25, 0.3) is 0 Å². The van der Waals surface area contributed by atoms with E-state index >= 15 is 0 Å². The minimum atomic E-state index is -0.583. The van der Waals surface area contributed by atoms with Gasteiger partial charge in [0.1, 0.15) is 17.3 Å². The fourth-order valence-electron chi connectivity index (χ4n) is 2.10. The summed E-state index contributed by atoms with van der Waals surface area (Å²) < 4.78 is 0. The summed E-state index contributed by atoms with van der Waals surface area (Å²) in [5.74, 6) is -1.24. The van der Waals surface area contributed by atoms with Crippen molar-refractivity contribution in [1.29, 1.82) is 5.26 Å². The number of H-pyrrole nitrogens is 1. The molecule has 0 aliphatic rings. The van der Waals surface area contributed by atoms with Gasteiger partial charge in [-0.3, -0.25) is 14.7 Å². The van der Waals surface area contributed by atoms with Gasteiger partial charge in [0.05, 0.1) is 20.1 Å². The SMILES string of the molecule is CC(=O)N(C(C)=O)c1[nH]nc(-c2c(Cl)cc(Cl)c(Cl)c2Cl)c1C#N. The second-order valence-electron chi connectivity index (χ2n) is 4.62. The summed E-state index contributed by atoms with van der Waals surface area (Å²) >= 11 is 24.2. The topological polar surface area (TPSA) is 89.8 Å². The lowest BCUT2D eigenvalue weighted by Gasteiger charge is -2.15. The predicted molar refractivity (Wildman–Crippen MR) is 92.6 cm³/mol. The van der Waals surface area contributed by atoms with Gasteiger partial charge in [-0.25, -0.2) is 4.90 Å². The lowest BCUT2D eigenvalue weighted by atomic mass is 10.1. The number of amides is 2. The average Bonchev–Trinajstić information content (AvgIpc) is 2.87. The Hall–Kier alpha value is -1.78. The third kappa shape index (κ3) is 3.08. The zero-order valence-electron chi connectivity index (χ0n) is 12.2. The van der Waals surface area contributed by atoms with Gasteiger partial charge in [-0.1, -0.05) is 46.4 Å². The molecule has 0 bridgehead atoms. The molecule has 6 nitrogen and oxygen atoms in total. The van der Waals surface area contributed by atoms with E-state index in [1.807, 2.05) is 6.07 Å². The first-order valence-electron chi connectivity index (χ1n) is 6.33. The molecule has 0 spiro atoms. The minimum absolute atomic E-state index is 0.000849. The van der Waals surface area contributed by atoms with Crippen LogP contribution in [0.3, 0.4) is 0 Å². The lowest BCUT2D eigenvalue weighted by molar-refractivity contribution is -0.124. The van der Waals surface area contributed by atoms with Crippen LogP contribution in [0.15, 0.2) is 6.07 Å². The molecule has 2 amide bonds. The molecule has 0 unspecified atom stereocenters. The number of nitrogens with one attached hydrogen (secondary N) is 1. The molecular weight excluding hydrogens is 398 g/mol. The van der Waals surface area contributed by atoms with Gasteiger partial charge in [0.15, 0.2) is 5.82 Å². The number of halogens is 4. The van der Waals surface area contributed by atoms with Crippen molar-refractivity contribution in [3.8, 4) is 17.3 Å². The number of anilines is 1. The number of aromatic amines is 1. The second kappa shape index (κ2) is 6.99. The van der Waals surface area contributed by atoms with Crippen LogP contribution in [0.1, 0.15) is 19.4 Å². The lowest BCUT2D eigenvalue weighted by Crippen LogP contribution is -2.34. The largest absolute Gasteiger partial charge is 0.274 e. The van der Waals surface area contributed by atoms with E-state index in [-0.39, 0.29) is 42.7 Å². The van der Waals surface area contributed by atoms with Crippen molar-refractivity contribution >= 4 is 64.0 Å². The van der Waals surface area contributed by atoms with Crippen molar-refractivity contribution in [2.24, 2.45) is 0 Å². The Labute approximate surface area is 156 Å². The zero-order chi connectivity index (χ0) is 18.2. The molecule has 1 heterocycles. The number of carbonyl (C=O) groups is 2. The minimum Gasteiger partial charge on any atom is -0.274 e. The molecule has 0 atom stereocenters. The maximum absolute atomic E-state index is 11.7. The summed E-state index contributed by atoms with van der Waals surface area (Å²) in [4.78, 5) is 24.2. The smallest absolute Gasteiger partial charge is 0.231 e. The van der Waals surface area contributed by atoms with Crippen LogP contribution in [-0.2, 0) is 9.59 Å². The summed E-state index contributed by atoms with van der Waals surface area (Å²) in [5.41, 5.74) is 0.134. The van der Waals surface area contributed by atoms with Crippen molar-refractivity contribution in [3.05, 3.63) is 31.7 Å². The summed E-state index contributed by atoms with van der Waals surface area (Å²) in [5, 5.41) is 16.2. The summed E-state index contributed by atoms with van der Waals surface area (Å²) in [6.07, 6.45) is 0. The van der Waals surface area contributed by atoms with E-state index in [0.717, 1.165) is 4.90 Å². The number of nitriles is 1. The molecule has 2 rings (SSSR count). The van der Waals surface area contributed by atoms with Crippen LogP contribution in [0.5, 0.6) is 0 Å². The normalized spacial score (nSPS) is 10.4. The van der Waals surface area contributed by atoms with E-state index in [2.05, 4.69) is 10.2 Å². The van der Waals surface area contributed by atoms with Crippen molar-refractivity contribution in [2.75, 3.05) is 4.90 Å². The van der Waals surface area contributed by atoms with Crippen LogP contribution in [0.2, 0.25) is 20.1 Å². The van der Waals surface area contributed by atoms with Gasteiger partial charge in [0.2, 0.25) is 11.8 Å². The molecule has 0 fully saturated rings. The quantitative estimate of drug-likeness (QED) is 0.589. The number of aromatic nitrogens is 2. The number of benzene rings is 1. The molecule has 2 aromatic rings. The van der Waals surface area contributed by atoms with Crippen molar-refractivity contribution in [2.45, 2.75) is 13.8 Å². The monoisotopic (exact) mass is 404 g/mol. The Morgan fingerprint density at radius 1 is 1.12 bits per heavy atom. The number of nitrogens with zero attached hydrogens (tertiary/aromatic N) is 3. The Morgan fingerprint density at radius 3 is 2.21 bits per heavy atom. The van der Waals surface area contributed by atoms with Crippen LogP contribution < -0.4 is 4.90 Å². The van der Waals surface area contributed by atoms with Crippen molar-refractivity contribution in [3.63, 3.8) is 0 Å². The fraction of sp³-hybridized carbons (Fsp3) is 0.143. The van der Waals surface area contributed by atoms with E-state index < -0.39 is 11.8 Å². The maximum Gasteiger partial charge on any atom is 0.231 e. The molecule has 10 heteroatoms. The van der Waals surface area contributed by atoms with Crippen LogP contribution in [0.25, 0.3) is 11.3 Å². The molecule has 1 aromatic carbocycles. The number of rotatable bonds is 2. The molecule has 0 radical (unpaired) electrons. The first-order valence-corrected chi connectivity index (χ1v) is 7.85. The Balaban J connectivity index is 2.77. The number of carbonyl (C=O) groups excluding carboxylic acids is 2. The molecule has 1 aromatic heterocycles. The Kier molecular flexibility index (Phi) is 5.41. The maximum atomic E-state index is 11.7. The van der Waals surface area contributed by atoms with Gasteiger partial charge in [-0.15, -0.1) is 0 Å². The molecular formula is C14H8Cl4N4O2. The van der Waals surface area contributed by atoms with E-state index in [9.17, 15) is 14.9 Å². The van der Waals surface area contributed by atoms with Gasteiger partial charge >= 0.3 is 0 Å². The summed E-state index contributed by atoms with van der Waals surface area (Å²) in [6, 6.07) is 3.25. The van der Waals surface area contributed by atoms with Crippen LogP contribution >= 0.6 is 46.4 Å². The second-order valence-corrected chi connectivity index (χ2v) is 6.19. The number of imide groups is 1. The standard InChI is InChI=1S/C14H8Cl4N4O2/c1-5(23)22(6(2)24)14-7(4-19)13(20-21-14)10-8(15)3-9(16)11(17)12(10)18/h3H,1-2H3,(H,20,21). The first kappa shape index (κ1) is 18.6. The van der Waals surface area contributed by atoms with Crippen LogP contribution in [0, 0.1) is 11.3 Å². The average molecular weight is 406 g/mol. The molecule has 0 saturated carbocycles. The molecule has 1 N–H and O–H groups in total. The van der Waals surface area contributed by atoms with Crippen molar-refractivity contribution in [1.82, 2.24) is 10.2 Å². The Bertz CT molecular complexity index is 887. The predicted octanol–water partition coefficient (Wildman–Crippen LogP) is 4.46. The molecule has 0 saturated heterocycles. The third-order valence-electron chi connectivity index (χ3n) is 3.06. The van der Waals surface area contributed by atoms with Crippen LogP contribution in [-0.4, -0.2) is 22.0 Å². The highest BCUT2D eigenvalue weighted by Gasteiger charge is 2.28. The van der Waals surface area contributed by atoms with Gasteiger partial charge in [-0.2, -0.15) is 10.4 Å². The third-order valence-corrected chi connectivity index (χ3v) is 4.62. The first-order chi connectivity index (χ1) is 11.2. The summed E-state index contributed by atoms with van der Waals surface area (Å²) in [6.45, 7) is 2.37. The number of hydrogen-bond acceptors (Lipinski definition) is 4. The highest BCUT2D eigenvalue weighted by atomic mass is 35.5. The zero-order valence-corrected chi connectivity index (χ0v) is 15.3. The van der Waals surface area contributed by atoms with E-state index in [1.54, 1.807) is 0 Å². The molecule has 124 valence electrons. The highest BCUT2D eigenvalue weighted by Crippen LogP contribution is 2.44. The van der Waals surface area contributed by atoms with E-state index in [4.69, 9.17) is 46.4 Å². The van der Waals surface area contributed by atoms with E-state index in [0.29, 0.717) is 0 Å². The van der Waals surface area contributed by atoms with E-state index in [1.165, 1.54) is 19.9 Å². The fourth-order valence-corrected chi connectivity index (χ4v) is 3.19. The summed E-state index contributed by atoms with van der Waals surface area (Å²) in [7, 11) is 0. The molecule has 24 heavy (non-hydrogen) atoms. The molecule has 0 aliphatic heterocycles. The van der Waals surface area contributed by atoms with Gasteiger partial charge < -0.3 is 0 Å². The van der Waals surface area contributed by atoms with Crippen molar-refractivity contribution < 1.29 is 9.59 Å². The van der Waals surface area contributed by atoms with Gasteiger partial charge in [-0.05, 0) is 6.07 Å². The Morgan fingerprint density at radius 2 is 1.71 bits per heavy atom.